The van der Waals surface area contributed by atoms with Gasteiger partial charge in [0.25, 0.3) is 5.91 Å². The average Bonchev–Trinajstić information content (AvgIpc) is 3.32. The number of amides is 1. The summed E-state index contributed by atoms with van der Waals surface area (Å²) in [5.74, 6) is 0.674. The summed E-state index contributed by atoms with van der Waals surface area (Å²) in [5.41, 5.74) is 4.22. The Bertz CT molecular complexity index is 1280. The molecular formula is C28H27N3O3. The molecule has 0 aliphatic carbocycles. The van der Waals surface area contributed by atoms with Crippen LogP contribution in [0.3, 0.4) is 0 Å². The molecule has 1 aromatic heterocycles. The Morgan fingerprint density at radius 1 is 0.941 bits per heavy atom. The molecule has 34 heavy (non-hydrogen) atoms. The van der Waals surface area contributed by atoms with Gasteiger partial charge in [-0.15, -0.1) is 0 Å². The standard InChI is InChI=1S/C28H27N3O3/c32-26(31-15-13-21(14-16-31)17-20-7-3-1-4-8-20)19-34-28(33)23-11-12-24-25(18-23)30-27(29-24)22-9-5-2-6-10-22/h1-12,18,21H,13-17,19H2,(H,29,30). The number of imidazole rings is 1. The fraction of sp³-hybridized carbons (Fsp3) is 0.250. The Morgan fingerprint density at radius 2 is 1.65 bits per heavy atom. The molecule has 6 nitrogen and oxygen atoms in total. The smallest absolute Gasteiger partial charge is 0.338 e. The summed E-state index contributed by atoms with van der Waals surface area (Å²) < 4.78 is 5.34. The minimum atomic E-state index is -0.509. The summed E-state index contributed by atoms with van der Waals surface area (Å²) in [6.45, 7) is 1.17. The molecule has 3 aromatic carbocycles. The maximum Gasteiger partial charge on any atom is 0.338 e. The van der Waals surface area contributed by atoms with Gasteiger partial charge in [-0.25, -0.2) is 9.78 Å². The van der Waals surface area contributed by atoms with Crippen LogP contribution in [0.2, 0.25) is 0 Å². The minimum Gasteiger partial charge on any atom is -0.452 e. The molecule has 1 fully saturated rings. The maximum absolute atomic E-state index is 12.6. The van der Waals surface area contributed by atoms with Crippen LogP contribution in [0.5, 0.6) is 0 Å². The predicted molar refractivity (Wildman–Crippen MR) is 131 cm³/mol. The van der Waals surface area contributed by atoms with E-state index in [-0.39, 0.29) is 12.5 Å². The first-order valence-electron chi connectivity index (χ1n) is 11.7. The van der Waals surface area contributed by atoms with Gasteiger partial charge in [-0.2, -0.15) is 0 Å². The van der Waals surface area contributed by atoms with Gasteiger partial charge >= 0.3 is 5.97 Å². The Hall–Kier alpha value is -3.93. The van der Waals surface area contributed by atoms with Crippen LogP contribution in [0.15, 0.2) is 78.9 Å². The first-order valence-corrected chi connectivity index (χ1v) is 11.7. The molecule has 0 saturated carbocycles. The number of likely N-dealkylation sites (tertiary alicyclic amines) is 1. The number of ether oxygens (including phenoxy) is 1. The fourth-order valence-corrected chi connectivity index (χ4v) is 4.51. The summed E-state index contributed by atoms with van der Waals surface area (Å²) >= 11 is 0. The lowest BCUT2D eigenvalue weighted by Crippen LogP contribution is -2.41. The third-order valence-electron chi connectivity index (χ3n) is 6.43. The maximum atomic E-state index is 12.6. The lowest BCUT2D eigenvalue weighted by molar-refractivity contribution is -0.135. The van der Waals surface area contributed by atoms with E-state index < -0.39 is 5.97 Å². The van der Waals surface area contributed by atoms with E-state index >= 15 is 0 Å². The molecule has 0 radical (unpaired) electrons. The van der Waals surface area contributed by atoms with Crippen molar-refractivity contribution in [2.75, 3.05) is 19.7 Å². The van der Waals surface area contributed by atoms with E-state index in [9.17, 15) is 9.59 Å². The molecule has 172 valence electrons. The normalized spacial score (nSPS) is 14.3. The molecule has 0 atom stereocenters. The summed E-state index contributed by atoms with van der Waals surface area (Å²) in [6, 6.07) is 25.5. The van der Waals surface area contributed by atoms with E-state index in [1.807, 2.05) is 36.4 Å². The van der Waals surface area contributed by atoms with Crippen molar-refractivity contribution in [1.29, 1.82) is 0 Å². The van der Waals surface area contributed by atoms with Crippen molar-refractivity contribution in [3.8, 4) is 11.4 Å². The second-order valence-electron chi connectivity index (χ2n) is 8.77. The third-order valence-corrected chi connectivity index (χ3v) is 6.43. The quantitative estimate of drug-likeness (QED) is 0.423. The van der Waals surface area contributed by atoms with Crippen LogP contribution >= 0.6 is 0 Å². The zero-order valence-electron chi connectivity index (χ0n) is 18.9. The number of carbonyl (C=O) groups is 2. The molecule has 1 aliphatic heterocycles. The van der Waals surface area contributed by atoms with E-state index in [0.717, 1.165) is 41.7 Å². The van der Waals surface area contributed by atoms with Gasteiger partial charge in [0.1, 0.15) is 5.82 Å². The van der Waals surface area contributed by atoms with Crippen LogP contribution in [0, 0.1) is 5.92 Å². The van der Waals surface area contributed by atoms with Crippen LogP contribution in [0.1, 0.15) is 28.8 Å². The summed E-state index contributed by atoms with van der Waals surface area (Å²) in [7, 11) is 0. The number of aromatic amines is 1. The van der Waals surface area contributed by atoms with Crippen molar-refractivity contribution < 1.29 is 14.3 Å². The largest absolute Gasteiger partial charge is 0.452 e. The van der Waals surface area contributed by atoms with Crippen molar-refractivity contribution in [3.05, 3.63) is 90.0 Å². The molecule has 1 aliphatic rings. The number of rotatable bonds is 6. The monoisotopic (exact) mass is 453 g/mol. The molecule has 5 rings (SSSR count). The minimum absolute atomic E-state index is 0.138. The average molecular weight is 454 g/mol. The molecule has 0 bridgehead atoms. The Morgan fingerprint density at radius 3 is 2.38 bits per heavy atom. The highest BCUT2D eigenvalue weighted by Crippen LogP contribution is 2.23. The first-order chi connectivity index (χ1) is 16.7. The van der Waals surface area contributed by atoms with Crippen molar-refractivity contribution in [2.45, 2.75) is 19.3 Å². The van der Waals surface area contributed by atoms with E-state index in [2.05, 4.69) is 34.2 Å². The van der Waals surface area contributed by atoms with Gasteiger partial charge in [0.15, 0.2) is 6.61 Å². The predicted octanol–water partition coefficient (Wildman–Crippen LogP) is 4.87. The first kappa shape index (κ1) is 21.9. The summed E-state index contributed by atoms with van der Waals surface area (Å²) in [4.78, 5) is 34.8. The number of hydrogen-bond acceptors (Lipinski definition) is 4. The molecule has 1 N–H and O–H groups in total. The Balaban J connectivity index is 1.14. The molecule has 0 unspecified atom stereocenters. The van der Waals surface area contributed by atoms with Crippen molar-refractivity contribution in [2.24, 2.45) is 5.92 Å². The third kappa shape index (κ3) is 5.01. The number of benzene rings is 3. The molecule has 0 spiro atoms. The number of piperidine rings is 1. The van der Waals surface area contributed by atoms with Crippen molar-refractivity contribution >= 4 is 22.9 Å². The number of carbonyl (C=O) groups excluding carboxylic acids is 2. The van der Waals surface area contributed by atoms with Gasteiger partial charge in [0, 0.05) is 18.7 Å². The zero-order chi connectivity index (χ0) is 23.3. The van der Waals surface area contributed by atoms with Crippen molar-refractivity contribution in [3.63, 3.8) is 0 Å². The number of hydrogen-bond donors (Lipinski definition) is 1. The number of esters is 1. The molecule has 6 heteroatoms. The number of nitrogens with zero attached hydrogens (tertiary/aromatic N) is 2. The molecule has 1 amide bonds. The van der Waals surface area contributed by atoms with E-state index in [1.54, 1.807) is 23.1 Å². The highest BCUT2D eigenvalue weighted by molar-refractivity contribution is 5.95. The summed E-state index contributed by atoms with van der Waals surface area (Å²) in [5, 5.41) is 0. The number of aromatic nitrogens is 2. The Kier molecular flexibility index (Phi) is 6.38. The second-order valence-corrected chi connectivity index (χ2v) is 8.77. The highest BCUT2D eigenvalue weighted by atomic mass is 16.5. The van der Waals surface area contributed by atoms with E-state index in [0.29, 0.717) is 24.6 Å². The second kappa shape index (κ2) is 9.91. The molecule has 1 saturated heterocycles. The van der Waals surface area contributed by atoms with Crippen LogP contribution in [0.4, 0.5) is 0 Å². The molecular weight excluding hydrogens is 426 g/mol. The fourth-order valence-electron chi connectivity index (χ4n) is 4.51. The lowest BCUT2D eigenvalue weighted by atomic mass is 9.90. The van der Waals surface area contributed by atoms with Crippen LogP contribution < -0.4 is 0 Å². The topological polar surface area (TPSA) is 75.3 Å². The van der Waals surface area contributed by atoms with Gasteiger partial charge in [0.05, 0.1) is 16.6 Å². The lowest BCUT2D eigenvalue weighted by Gasteiger charge is -2.32. The van der Waals surface area contributed by atoms with Gasteiger partial charge in [-0.05, 0) is 48.9 Å². The molecule has 2 heterocycles. The van der Waals surface area contributed by atoms with Crippen molar-refractivity contribution in [1.82, 2.24) is 14.9 Å². The van der Waals surface area contributed by atoms with Crippen LogP contribution in [0.25, 0.3) is 22.4 Å². The molecule has 4 aromatic rings. The van der Waals surface area contributed by atoms with Gasteiger partial charge in [-0.3, -0.25) is 4.79 Å². The van der Waals surface area contributed by atoms with Crippen LogP contribution in [-0.4, -0.2) is 46.4 Å². The Labute approximate surface area is 198 Å². The van der Waals surface area contributed by atoms with Gasteiger partial charge < -0.3 is 14.6 Å². The van der Waals surface area contributed by atoms with E-state index in [4.69, 9.17) is 4.74 Å². The van der Waals surface area contributed by atoms with Crippen LogP contribution in [-0.2, 0) is 16.0 Å². The number of fused-ring (bicyclic) bond motifs is 1. The number of H-pyrrole nitrogens is 1. The number of nitrogens with one attached hydrogen (secondary N) is 1. The van der Waals surface area contributed by atoms with Gasteiger partial charge in [-0.1, -0.05) is 60.7 Å². The van der Waals surface area contributed by atoms with Gasteiger partial charge in [0.2, 0.25) is 0 Å². The highest BCUT2D eigenvalue weighted by Gasteiger charge is 2.24. The van der Waals surface area contributed by atoms with E-state index in [1.165, 1.54) is 5.56 Å². The summed E-state index contributed by atoms with van der Waals surface area (Å²) in [6.07, 6.45) is 2.98. The SMILES string of the molecule is O=C(OCC(=O)N1CCC(Cc2ccccc2)CC1)c1ccc2nc(-c3ccccc3)[nH]c2c1. The zero-order valence-corrected chi connectivity index (χ0v) is 18.9.